The average molecular weight is 180 g/mol. The van der Waals surface area contributed by atoms with Gasteiger partial charge in [0.05, 0.1) is 0 Å². The highest BCUT2D eigenvalue weighted by atomic mass is 32.1. The minimum absolute atomic E-state index is 0.0637. The minimum atomic E-state index is -0.0637. The summed E-state index contributed by atoms with van der Waals surface area (Å²) in [6.45, 7) is 3.76. The topological polar surface area (TPSA) is 0 Å². The Bertz CT molecular complexity index is 429. The minimum Gasteiger partial charge on any atom is -0.206 e. The fourth-order valence-corrected chi connectivity index (χ4v) is 2.17. The highest BCUT2D eigenvalue weighted by Gasteiger charge is 2.07. The summed E-state index contributed by atoms with van der Waals surface area (Å²) in [4.78, 5) is 0. The number of hydrogen-bond donors (Lipinski definition) is 0. The fourth-order valence-electron chi connectivity index (χ4n) is 1.29. The van der Waals surface area contributed by atoms with Gasteiger partial charge in [-0.3, -0.25) is 0 Å². The number of aryl methyl sites for hydroxylation is 1. The van der Waals surface area contributed by atoms with E-state index in [1.165, 1.54) is 0 Å². The second kappa shape index (κ2) is 2.56. The Morgan fingerprint density at radius 1 is 1.33 bits per heavy atom. The van der Waals surface area contributed by atoms with Crippen LogP contribution in [0.4, 0.5) is 4.39 Å². The number of halogens is 1. The van der Waals surface area contributed by atoms with Gasteiger partial charge in [-0.1, -0.05) is 0 Å². The fraction of sp³-hybridized carbons (Fsp3) is 0.200. The quantitative estimate of drug-likeness (QED) is 0.580. The summed E-state index contributed by atoms with van der Waals surface area (Å²) in [5.74, 6) is -0.0637. The first-order valence-corrected chi connectivity index (χ1v) is 4.71. The first-order chi connectivity index (χ1) is 5.70. The molecular formula is C10H9FS. The van der Waals surface area contributed by atoms with Gasteiger partial charge in [0.2, 0.25) is 0 Å². The summed E-state index contributed by atoms with van der Waals surface area (Å²) in [5, 5.41) is 2.68. The lowest BCUT2D eigenvalue weighted by molar-refractivity contribution is 0.629. The molecule has 0 aliphatic carbocycles. The molecule has 0 amide bonds. The lowest BCUT2D eigenvalue weighted by Crippen LogP contribution is -1.86. The van der Waals surface area contributed by atoms with E-state index < -0.39 is 0 Å². The van der Waals surface area contributed by atoms with E-state index in [1.54, 1.807) is 11.3 Å². The largest absolute Gasteiger partial charge is 0.206 e. The summed E-state index contributed by atoms with van der Waals surface area (Å²) in [5.41, 5.74) is 1.79. The van der Waals surface area contributed by atoms with Crippen LogP contribution in [-0.4, -0.2) is 0 Å². The molecule has 0 nitrogen and oxygen atoms in total. The summed E-state index contributed by atoms with van der Waals surface area (Å²) >= 11 is 1.58. The van der Waals surface area contributed by atoms with Gasteiger partial charge in [-0.05, 0) is 42.5 Å². The molecule has 0 N–H and O–H groups in total. The van der Waals surface area contributed by atoms with Gasteiger partial charge in [-0.2, -0.15) is 0 Å². The third-order valence-corrected chi connectivity index (χ3v) is 3.06. The van der Waals surface area contributed by atoms with Crippen molar-refractivity contribution in [3.63, 3.8) is 0 Å². The molecule has 62 valence electrons. The van der Waals surface area contributed by atoms with Crippen LogP contribution in [-0.2, 0) is 0 Å². The van der Waals surface area contributed by atoms with Crippen molar-refractivity contribution in [1.82, 2.24) is 0 Å². The first kappa shape index (κ1) is 7.74. The molecule has 0 bridgehead atoms. The molecule has 0 radical (unpaired) electrons. The molecule has 0 aliphatic rings. The second-order valence-corrected chi connectivity index (χ2v) is 3.91. The number of hydrogen-bond acceptors (Lipinski definition) is 1. The van der Waals surface area contributed by atoms with Crippen LogP contribution in [0.2, 0.25) is 0 Å². The van der Waals surface area contributed by atoms with E-state index in [4.69, 9.17) is 0 Å². The van der Waals surface area contributed by atoms with Crippen molar-refractivity contribution in [2.45, 2.75) is 13.8 Å². The monoisotopic (exact) mass is 180 g/mol. The highest BCUT2D eigenvalue weighted by molar-refractivity contribution is 7.17. The number of rotatable bonds is 0. The zero-order valence-corrected chi connectivity index (χ0v) is 7.83. The Kier molecular flexibility index (Phi) is 1.65. The van der Waals surface area contributed by atoms with Gasteiger partial charge in [-0.15, -0.1) is 11.3 Å². The van der Waals surface area contributed by atoms with Crippen LogP contribution in [0.1, 0.15) is 11.1 Å². The van der Waals surface area contributed by atoms with E-state index in [1.807, 2.05) is 31.4 Å². The molecule has 0 fully saturated rings. The van der Waals surface area contributed by atoms with E-state index in [2.05, 4.69) is 0 Å². The third-order valence-electron chi connectivity index (χ3n) is 2.20. The molecule has 2 aromatic rings. The van der Waals surface area contributed by atoms with Crippen molar-refractivity contribution >= 4 is 21.4 Å². The summed E-state index contributed by atoms with van der Waals surface area (Å²) in [6, 6.07) is 3.88. The number of thiophene rings is 1. The van der Waals surface area contributed by atoms with Gasteiger partial charge in [0.1, 0.15) is 5.82 Å². The molecule has 0 unspecified atom stereocenters. The van der Waals surface area contributed by atoms with Gasteiger partial charge in [0, 0.05) is 10.1 Å². The van der Waals surface area contributed by atoms with E-state index in [-0.39, 0.29) is 5.82 Å². The van der Waals surface area contributed by atoms with Crippen molar-refractivity contribution in [3.05, 3.63) is 34.5 Å². The number of fused-ring (bicyclic) bond motifs is 1. The Morgan fingerprint density at radius 3 is 2.83 bits per heavy atom. The molecule has 2 rings (SSSR count). The van der Waals surface area contributed by atoms with Crippen LogP contribution in [0.25, 0.3) is 10.1 Å². The van der Waals surface area contributed by atoms with Crippen LogP contribution in [0, 0.1) is 19.7 Å². The van der Waals surface area contributed by atoms with Crippen LogP contribution < -0.4 is 0 Å². The zero-order chi connectivity index (χ0) is 8.72. The zero-order valence-electron chi connectivity index (χ0n) is 7.02. The summed E-state index contributed by atoms with van der Waals surface area (Å²) < 4.78 is 14.5. The van der Waals surface area contributed by atoms with Crippen molar-refractivity contribution in [3.8, 4) is 0 Å². The SMILES string of the molecule is Cc1cc2sccc2c(F)c1C. The van der Waals surface area contributed by atoms with E-state index in [0.29, 0.717) is 0 Å². The molecule has 1 aromatic carbocycles. The lowest BCUT2D eigenvalue weighted by Gasteiger charge is -2.01. The molecule has 1 aromatic heterocycles. The smallest absolute Gasteiger partial charge is 0.135 e. The molecule has 0 saturated heterocycles. The first-order valence-electron chi connectivity index (χ1n) is 3.83. The Labute approximate surface area is 74.6 Å². The van der Waals surface area contributed by atoms with Crippen molar-refractivity contribution in [2.24, 2.45) is 0 Å². The van der Waals surface area contributed by atoms with Crippen LogP contribution in [0.5, 0.6) is 0 Å². The van der Waals surface area contributed by atoms with Crippen molar-refractivity contribution < 1.29 is 4.39 Å². The predicted octanol–water partition coefficient (Wildman–Crippen LogP) is 3.66. The summed E-state index contributed by atoms with van der Waals surface area (Å²) in [7, 11) is 0. The van der Waals surface area contributed by atoms with Gasteiger partial charge in [0.25, 0.3) is 0 Å². The van der Waals surface area contributed by atoms with E-state index in [9.17, 15) is 4.39 Å². The van der Waals surface area contributed by atoms with Crippen LogP contribution in [0.15, 0.2) is 17.5 Å². The number of benzene rings is 1. The molecule has 0 saturated carbocycles. The van der Waals surface area contributed by atoms with Crippen LogP contribution in [0.3, 0.4) is 0 Å². The Hall–Kier alpha value is -0.890. The molecule has 0 spiro atoms. The Morgan fingerprint density at radius 2 is 2.08 bits per heavy atom. The Balaban J connectivity index is 2.94. The lowest BCUT2D eigenvalue weighted by atomic mass is 10.1. The van der Waals surface area contributed by atoms with E-state index in [0.717, 1.165) is 21.2 Å². The van der Waals surface area contributed by atoms with Gasteiger partial charge in [-0.25, -0.2) is 4.39 Å². The maximum atomic E-state index is 13.5. The summed E-state index contributed by atoms with van der Waals surface area (Å²) in [6.07, 6.45) is 0. The molecule has 2 heteroatoms. The molecule has 12 heavy (non-hydrogen) atoms. The second-order valence-electron chi connectivity index (χ2n) is 2.96. The van der Waals surface area contributed by atoms with Gasteiger partial charge >= 0.3 is 0 Å². The normalized spacial score (nSPS) is 10.9. The predicted molar refractivity (Wildman–Crippen MR) is 51.3 cm³/mol. The molecular weight excluding hydrogens is 171 g/mol. The standard InChI is InChI=1S/C10H9FS/c1-6-5-9-8(3-4-12-9)10(11)7(6)2/h3-5H,1-2H3. The molecule has 0 aliphatic heterocycles. The van der Waals surface area contributed by atoms with Gasteiger partial charge in [0.15, 0.2) is 0 Å². The third kappa shape index (κ3) is 0.950. The van der Waals surface area contributed by atoms with E-state index >= 15 is 0 Å². The van der Waals surface area contributed by atoms with Gasteiger partial charge < -0.3 is 0 Å². The average Bonchev–Trinajstić information content (AvgIpc) is 2.48. The molecule has 1 heterocycles. The maximum absolute atomic E-state index is 13.5. The maximum Gasteiger partial charge on any atom is 0.135 e. The van der Waals surface area contributed by atoms with Crippen LogP contribution >= 0.6 is 11.3 Å². The highest BCUT2D eigenvalue weighted by Crippen LogP contribution is 2.27. The van der Waals surface area contributed by atoms with Crippen molar-refractivity contribution in [2.75, 3.05) is 0 Å². The molecule has 0 atom stereocenters. The van der Waals surface area contributed by atoms with Crippen molar-refractivity contribution in [1.29, 1.82) is 0 Å².